The molecule has 1 aliphatic carbocycles. The lowest BCUT2D eigenvalue weighted by Gasteiger charge is -2.42. The second kappa shape index (κ2) is 9.04. The molecule has 1 aromatic carbocycles. The van der Waals surface area contributed by atoms with Crippen molar-refractivity contribution < 1.29 is 14.6 Å². The van der Waals surface area contributed by atoms with Crippen LogP contribution < -0.4 is 10.2 Å². The highest BCUT2D eigenvalue weighted by Gasteiger charge is 2.33. The van der Waals surface area contributed by atoms with Gasteiger partial charge in [0, 0.05) is 48.0 Å². The summed E-state index contributed by atoms with van der Waals surface area (Å²) in [5.74, 6) is -0.755. The average molecular weight is 382 g/mol. The van der Waals surface area contributed by atoms with Gasteiger partial charge in [-0.05, 0) is 31.5 Å². The second-order valence-electron chi connectivity index (χ2n) is 7.00. The van der Waals surface area contributed by atoms with Crippen molar-refractivity contribution in [1.82, 2.24) is 10.2 Å². The van der Waals surface area contributed by atoms with Gasteiger partial charge in [-0.15, -0.1) is 0 Å². The molecule has 1 aliphatic heterocycles. The molecular weight excluding hydrogens is 354 g/mol. The van der Waals surface area contributed by atoms with E-state index in [-0.39, 0.29) is 6.54 Å². The smallest absolute Gasteiger partial charge is 0.317 e. The number of hydrogen-bond acceptors (Lipinski definition) is 5. The van der Waals surface area contributed by atoms with E-state index in [4.69, 9.17) is 21.4 Å². The number of morpholine rings is 1. The van der Waals surface area contributed by atoms with Crippen LogP contribution in [0.25, 0.3) is 0 Å². The van der Waals surface area contributed by atoms with Crippen LogP contribution >= 0.6 is 11.6 Å². The van der Waals surface area contributed by atoms with E-state index in [1.807, 2.05) is 24.0 Å². The summed E-state index contributed by atoms with van der Waals surface area (Å²) in [7, 11) is 0. The van der Waals surface area contributed by atoms with Crippen LogP contribution in [-0.2, 0) is 16.1 Å². The minimum Gasteiger partial charge on any atom is -0.480 e. The zero-order valence-corrected chi connectivity index (χ0v) is 16.0. The van der Waals surface area contributed by atoms with Crippen molar-refractivity contribution in [2.45, 2.75) is 38.4 Å². The maximum atomic E-state index is 10.9. The molecule has 26 heavy (non-hydrogen) atoms. The molecule has 0 aromatic heterocycles. The Morgan fingerprint density at radius 3 is 2.77 bits per heavy atom. The van der Waals surface area contributed by atoms with Gasteiger partial charge in [0.25, 0.3) is 0 Å². The third kappa shape index (κ3) is 4.68. The number of nitrogens with one attached hydrogen (secondary N) is 1. The first-order valence-electron chi connectivity index (χ1n) is 9.37. The summed E-state index contributed by atoms with van der Waals surface area (Å²) in [6, 6.07) is 6.85. The maximum Gasteiger partial charge on any atom is 0.317 e. The van der Waals surface area contributed by atoms with Crippen LogP contribution in [0, 0.1) is 0 Å². The first kappa shape index (κ1) is 19.4. The van der Waals surface area contributed by atoms with E-state index in [1.165, 1.54) is 5.69 Å². The van der Waals surface area contributed by atoms with Gasteiger partial charge in [-0.2, -0.15) is 0 Å². The molecule has 2 aliphatic rings. The highest BCUT2D eigenvalue weighted by atomic mass is 35.5. The van der Waals surface area contributed by atoms with Crippen molar-refractivity contribution in [1.29, 1.82) is 0 Å². The third-order valence-corrected chi connectivity index (χ3v) is 5.74. The second-order valence-corrected chi connectivity index (χ2v) is 7.40. The van der Waals surface area contributed by atoms with E-state index in [9.17, 15) is 4.79 Å². The van der Waals surface area contributed by atoms with Gasteiger partial charge in [-0.3, -0.25) is 9.69 Å². The van der Waals surface area contributed by atoms with Gasteiger partial charge in [0.15, 0.2) is 0 Å². The summed E-state index contributed by atoms with van der Waals surface area (Å²) in [6.07, 6.45) is 1.97. The molecule has 0 bridgehead atoms. The van der Waals surface area contributed by atoms with Gasteiger partial charge in [-0.1, -0.05) is 24.6 Å². The number of carboxylic acids is 1. The van der Waals surface area contributed by atoms with Crippen molar-refractivity contribution in [3.05, 3.63) is 28.8 Å². The maximum absolute atomic E-state index is 10.9. The highest BCUT2D eigenvalue weighted by Crippen LogP contribution is 2.30. The first-order valence-corrected chi connectivity index (χ1v) is 9.75. The summed E-state index contributed by atoms with van der Waals surface area (Å²) in [5.41, 5.74) is 2.32. The predicted octanol–water partition coefficient (Wildman–Crippen LogP) is 2.20. The molecule has 1 aromatic rings. The number of nitrogens with zero attached hydrogens (tertiary/aromatic N) is 2. The Balaban J connectivity index is 1.55. The Bertz CT molecular complexity index is 616. The standard InChI is InChI=1S/C19H28ClN3O3/c1-2-22(13-19(24)25)15-10-14(11-15)21-12-16-17(20)4-3-5-18(16)23-6-8-26-9-7-23/h3-5,14-15,21H,2,6-13H2,1H3,(H,24,25). The molecule has 0 radical (unpaired) electrons. The van der Waals surface area contributed by atoms with Gasteiger partial charge < -0.3 is 20.1 Å². The normalized spacial score (nSPS) is 23.1. The van der Waals surface area contributed by atoms with Crippen molar-refractivity contribution in [2.24, 2.45) is 0 Å². The summed E-state index contributed by atoms with van der Waals surface area (Å²) < 4.78 is 5.45. The Labute approximate surface area is 160 Å². The highest BCUT2D eigenvalue weighted by molar-refractivity contribution is 6.31. The predicted molar refractivity (Wildman–Crippen MR) is 103 cm³/mol. The van der Waals surface area contributed by atoms with Crippen LogP contribution in [0.3, 0.4) is 0 Å². The van der Waals surface area contributed by atoms with Gasteiger partial charge in [0.2, 0.25) is 0 Å². The molecule has 3 rings (SSSR count). The Kier molecular flexibility index (Phi) is 6.75. The minimum atomic E-state index is -0.755. The van der Waals surface area contributed by atoms with E-state index in [0.717, 1.165) is 62.8 Å². The number of halogens is 1. The SMILES string of the molecule is CCN(CC(=O)O)C1CC(NCc2c(Cl)cccc2N2CCOCC2)C1. The minimum absolute atomic E-state index is 0.125. The van der Waals surface area contributed by atoms with Crippen LogP contribution in [0.15, 0.2) is 18.2 Å². The number of carboxylic acid groups (broad SMARTS) is 1. The summed E-state index contributed by atoms with van der Waals surface area (Å²) in [6.45, 7) is 6.92. The van der Waals surface area contributed by atoms with Crippen molar-refractivity contribution >= 4 is 23.3 Å². The molecule has 2 N–H and O–H groups in total. The van der Waals surface area contributed by atoms with Crippen LogP contribution in [-0.4, -0.2) is 67.5 Å². The van der Waals surface area contributed by atoms with E-state index in [0.29, 0.717) is 12.1 Å². The van der Waals surface area contributed by atoms with Gasteiger partial charge in [0.1, 0.15) is 0 Å². The van der Waals surface area contributed by atoms with Crippen LogP contribution in [0.5, 0.6) is 0 Å². The van der Waals surface area contributed by atoms with Crippen molar-refractivity contribution in [3.8, 4) is 0 Å². The lowest BCUT2D eigenvalue weighted by Crippen LogP contribution is -2.53. The van der Waals surface area contributed by atoms with E-state index in [1.54, 1.807) is 0 Å². The quantitative estimate of drug-likeness (QED) is 0.719. The number of likely N-dealkylation sites (N-methyl/N-ethyl adjacent to an activating group) is 1. The van der Waals surface area contributed by atoms with Crippen LogP contribution in [0.2, 0.25) is 5.02 Å². The number of aliphatic carboxylic acids is 1. The summed E-state index contributed by atoms with van der Waals surface area (Å²) in [4.78, 5) is 15.3. The van der Waals surface area contributed by atoms with E-state index >= 15 is 0 Å². The molecule has 0 amide bonds. The monoisotopic (exact) mass is 381 g/mol. The zero-order valence-electron chi connectivity index (χ0n) is 15.3. The molecule has 0 atom stereocenters. The molecule has 2 fully saturated rings. The van der Waals surface area contributed by atoms with Crippen molar-refractivity contribution in [2.75, 3.05) is 44.3 Å². The fraction of sp³-hybridized carbons (Fsp3) is 0.632. The molecule has 7 heteroatoms. The number of hydrogen-bond donors (Lipinski definition) is 2. The molecule has 1 heterocycles. The topological polar surface area (TPSA) is 65.0 Å². The molecule has 144 valence electrons. The number of carbonyl (C=O) groups is 1. The molecule has 0 unspecified atom stereocenters. The summed E-state index contributed by atoms with van der Waals surface area (Å²) in [5, 5.41) is 13.4. The lowest BCUT2D eigenvalue weighted by molar-refractivity contribution is -0.139. The van der Waals surface area contributed by atoms with Crippen LogP contribution in [0.4, 0.5) is 5.69 Å². The number of rotatable bonds is 8. The Morgan fingerprint density at radius 2 is 2.12 bits per heavy atom. The molecule has 0 spiro atoms. The number of anilines is 1. The number of ether oxygens (including phenoxy) is 1. The lowest BCUT2D eigenvalue weighted by atomic mass is 9.85. The van der Waals surface area contributed by atoms with Crippen LogP contribution in [0.1, 0.15) is 25.3 Å². The fourth-order valence-corrected chi connectivity index (χ4v) is 4.03. The number of benzene rings is 1. The molecule has 6 nitrogen and oxygen atoms in total. The zero-order chi connectivity index (χ0) is 18.5. The Morgan fingerprint density at radius 1 is 1.38 bits per heavy atom. The largest absolute Gasteiger partial charge is 0.480 e. The first-order chi connectivity index (χ1) is 12.6. The van der Waals surface area contributed by atoms with Gasteiger partial charge >= 0.3 is 5.97 Å². The molecular formula is C19H28ClN3O3. The van der Waals surface area contributed by atoms with Gasteiger partial charge in [-0.25, -0.2) is 0 Å². The molecule has 1 saturated heterocycles. The van der Waals surface area contributed by atoms with Gasteiger partial charge in [0.05, 0.1) is 19.8 Å². The molecule has 1 saturated carbocycles. The van der Waals surface area contributed by atoms with E-state index in [2.05, 4.69) is 16.3 Å². The summed E-state index contributed by atoms with van der Waals surface area (Å²) >= 11 is 6.48. The fourth-order valence-electron chi connectivity index (χ4n) is 3.79. The van der Waals surface area contributed by atoms with Crippen molar-refractivity contribution in [3.63, 3.8) is 0 Å². The Hall–Kier alpha value is -1.34. The average Bonchev–Trinajstić information content (AvgIpc) is 2.60. The third-order valence-electron chi connectivity index (χ3n) is 5.39. The van der Waals surface area contributed by atoms with E-state index < -0.39 is 5.97 Å².